The average Bonchev–Trinajstić information content (AvgIpc) is 3.50. The Morgan fingerprint density at radius 3 is 2.32 bits per heavy atom. The summed E-state index contributed by atoms with van der Waals surface area (Å²) < 4.78 is 0. The molecule has 2 amide bonds. The Bertz CT molecular complexity index is 1090. The van der Waals surface area contributed by atoms with Crippen molar-refractivity contribution >= 4 is 23.2 Å². The molecule has 176 valence electrons. The zero-order valence-electron chi connectivity index (χ0n) is 19.3. The Hall–Kier alpha value is -2.94. The lowest BCUT2D eigenvalue weighted by Crippen LogP contribution is -2.47. The number of amides is 2. The van der Waals surface area contributed by atoms with E-state index in [0.29, 0.717) is 29.8 Å². The number of likely N-dealkylation sites (tertiary alicyclic amines) is 1. The van der Waals surface area contributed by atoms with Crippen LogP contribution in [-0.2, 0) is 0 Å². The van der Waals surface area contributed by atoms with E-state index >= 15 is 0 Å². The minimum Gasteiger partial charge on any atom is -0.303 e. The van der Waals surface area contributed by atoms with Gasteiger partial charge >= 0.3 is 0 Å². The minimum atomic E-state index is -0.167. The van der Waals surface area contributed by atoms with Gasteiger partial charge in [0.25, 0.3) is 11.8 Å². The molecule has 5 rings (SSSR count). The maximum Gasteiger partial charge on any atom is 0.261 e. The first-order valence-electron chi connectivity index (χ1n) is 11.8. The lowest BCUT2D eigenvalue weighted by Gasteiger charge is -2.38. The second kappa shape index (κ2) is 10.1. The van der Waals surface area contributed by atoms with E-state index in [9.17, 15) is 9.59 Å². The van der Waals surface area contributed by atoms with E-state index in [1.54, 1.807) is 29.8 Å². The molecule has 1 saturated heterocycles. The third-order valence-corrected chi connectivity index (χ3v) is 7.70. The number of rotatable bonds is 8. The number of aromatic nitrogens is 2. The average molecular weight is 476 g/mol. The first-order valence-corrected chi connectivity index (χ1v) is 12.8. The van der Waals surface area contributed by atoms with Crippen LogP contribution in [0.15, 0.2) is 59.8 Å². The summed E-state index contributed by atoms with van der Waals surface area (Å²) in [6.07, 6.45) is 8.22. The van der Waals surface area contributed by atoms with Crippen LogP contribution in [0, 0.1) is 0 Å². The number of carbonyl (C=O) groups is 2. The fourth-order valence-corrected chi connectivity index (χ4v) is 5.65. The lowest BCUT2D eigenvalue weighted by atomic mass is 9.98. The number of fused-ring (bicyclic) bond motifs is 1. The number of piperidine rings is 1. The van der Waals surface area contributed by atoms with Gasteiger partial charge in [0, 0.05) is 36.6 Å². The molecule has 2 unspecified atom stereocenters. The molecule has 2 aliphatic rings. The van der Waals surface area contributed by atoms with Crippen molar-refractivity contribution in [3.05, 3.63) is 82.1 Å². The summed E-state index contributed by atoms with van der Waals surface area (Å²) in [7, 11) is 0. The summed E-state index contributed by atoms with van der Waals surface area (Å²) in [6, 6.07) is 10.1. The molecule has 0 spiro atoms. The van der Waals surface area contributed by atoms with Gasteiger partial charge < -0.3 is 10.2 Å². The highest BCUT2D eigenvalue weighted by Crippen LogP contribution is 2.27. The van der Waals surface area contributed by atoms with Crippen molar-refractivity contribution in [1.82, 2.24) is 25.1 Å². The quantitative estimate of drug-likeness (QED) is 0.500. The van der Waals surface area contributed by atoms with Gasteiger partial charge in [-0.2, -0.15) is 11.3 Å². The molecule has 0 bridgehead atoms. The molecule has 2 aliphatic heterocycles. The van der Waals surface area contributed by atoms with Crippen molar-refractivity contribution in [2.75, 3.05) is 19.6 Å². The third kappa shape index (κ3) is 4.66. The summed E-state index contributed by atoms with van der Waals surface area (Å²) in [5.74, 6) is -0.333. The van der Waals surface area contributed by atoms with Crippen LogP contribution in [0.5, 0.6) is 0 Å². The van der Waals surface area contributed by atoms with Crippen LogP contribution in [0.3, 0.4) is 0 Å². The summed E-state index contributed by atoms with van der Waals surface area (Å²) in [6.45, 7) is 4.63. The number of hydrogen-bond acceptors (Lipinski definition) is 7. The normalized spacial score (nSPS) is 18.8. The number of hydrogen-bond donors (Lipinski definition) is 1. The molecule has 0 aliphatic carbocycles. The van der Waals surface area contributed by atoms with E-state index in [1.807, 2.05) is 24.5 Å². The molecular weight excluding hydrogens is 446 g/mol. The highest BCUT2D eigenvalue weighted by atomic mass is 32.1. The van der Waals surface area contributed by atoms with Crippen LogP contribution >= 0.6 is 11.3 Å². The summed E-state index contributed by atoms with van der Waals surface area (Å²) in [4.78, 5) is 37.6. The van der Waals surface area contributed by atoms with Crippen LogP contribution in [-0.4, -0.2) is 63.3 Å². The first kappa shape index (κ1) is 22.8. The molecule has 8 heteroatoms. The number of carbonyl (C=O) groups excluding carboxylic acids is 2. The van der Waals surface area contributed by atoms with E-state index in [2.05, 4.69) is 43.9 Å². The largest absolute Gasteiger partial charge is 0.303 e. The van der Waals surface area contributed by atoms with Gasteiger partial charge in [-0.1, -0.05) is 12.1 Å². The number of imide groups is 1. The maximum absolute atomic E-state index is 12.6. The number of nitrogens with zero attached hydrogens (tertiary/aromatic N) is 4. The van der Waals surface area contributed by atoms with Crippen molar-refractivity contribution in [3.8, 4) is 0 Å². The molecule has 7 nitrogen and oxygen atoms in total. The van der Waals surface area contributed by atoms with E-state index in [4.69, 9.17) is 0 Å². The monoisotopic (exact) mass is 475 g/mol. The van der Waals surface area contributed by atoms with Gasteiger partial charge in [0.2, 0.25) is 0 Å². The lowest BCUT2D eigenvalue weighted by molar-refractivity contribution is 0.0630. The Morgan fingerprint density at radius 1 is 1.03 bits per heavy atom. The van der Waals surface area contributed by atoms with Crippen molar-refractivity contribution in [2.24, 2.45) is 0 Å². The summed E-state index contributed by atoms with van der Waals surface area (Å²) >= 11 is 1.70. The fourth-order valence-electron chi connectivity index (χ4n) is 4.97. The smallest absolute Gasteiger partial charge is 0.261 e. The zero-order chi connectivity index (χ0) is 23.5. The van der Waals surface area contributed by atoms with Crippen LogP contribution in [0.1, 0.15) is 64.1 Å². The predicted molar refractivity (Wildman–Crippen MR) is 132 cm³/mol. The SMILES string of the molecule is CC(CCN1C(=O)c2ccccc2C1=O)N1CCC(NC(c2cncnc2)c2ccsc2)CC1. The topological polar surface area (TPSA) is 78.4 Å². The Morgan fingerprint density at radius 2 is 1.71 bits per heavy atom. The molecule has 34 heavy (non-hydrogen) atoms. The fraction of sp³-hybridized carbons (Fsp3) is 0.385. The Kier molecular flexibility index (Phi) is 6.80. The number of nitrogens with one attached hydrogen (secondary N) is 1. The van der Waals surface area contributed by atoms with Crippen molar-refractivity contribution in [2.45, 2.75) is 44.3 Å². The van der Waals surface area contributed by atoms with Gasteiger partial charge in [0.05, 0.1) is 17.2 Å². The van der Waals surface area contributed by atoms with Gasteiger partial charge in [-0.3, -0.25) is 14.5 Å². The third-order valence-electron chi connectivity index (χ3n) is 6.99. The molecule has 0 saturated carbocycles. The Balaban J connectivity index is 1.14. The van der Waals surface area contributed by atoms with Crippen molar-refractivity contribution in [3.63, 3.8) is 0 Å². The summed E-state index contributed by atoms with van der Waals surface area (Å²) in [5.41, 5.74) is 3.38. The molecule has 1 N–H and O–H groups in total. The minimum absolute atomic E-state index is 0.0928. The molecule has 1 aromatic carbocycles. The van der Waals surface area contributed by atoms with Crippen LogP contribution in [0.2, 0.25) is 0 Å². The number of benzene rings is 1. The van der Waals surface area contributed by atoms with Crippen LogP contribution in [0.4, 0.5) is 0 Å². The second-order valence-electron chi connectivity index (χ2n) is 9.08. The van der Waals surface area contributed by atoms with Crippen molar-refractivity contribution < 1.29 is 9.59 Å². The maximum atomic E-state index is 12.6. The molecule has 2 atom stereocenters. The number of thiophene rings is 1. The second-order valence-corrected chi connectivity index (χ2v) is 9.86. The van der Waals surface area contributed by atoms with E-state index < -0.39 is 0 Å². The highest BCUT2D eigenvalue weighted by molar-refractivity contribution is 7.08. The first-order chi connectivity index (χ1) is 16.6. The molecule has 4 heterocycles. The van der Waals surface area contributed by atoms with Gasteiger partial charge in [-0.05, 0) is 73.8 Å². The zero-order valence-corrected chi connectivity index (χ0v) is 20.1. The molecule has 0 radical (unpaired) electrons. The van der Waals surface area contributed by atoms with Crippen LogP contribution < -0.4 is 5.32 Å². The van der Waals surface area contributed by atoms with Gasteiger partial charge in [0.15, 0.2) is 0 Å². The molecular formula is C26H29N5O2S. The van der Waals surface area contributed by atoms with Gasteiger partial charge in [0.1, 0.15) is 6.33 Å². The molecule has 3 aromatic rings. The standard InChI is InChI=1S/C26H29N5O2S/c1-18(6-12-31-25(32)22-4-2-3-5-23(22)26(31)33)30-10-7-21(8-11-30)29-24(19-9-13-34-16-19)20-14-27-17-28-15-20/h2-5,9,13-18,21,24,29H,6-8,10-12H2,1H3. The molecule has 1 fully saturated rings. The predicted octanol–water partition coefficient (Wildman–Crippen LogP) is 3.76. The van der Waals surface area contributed by atoms with E-state index in [-0.39, 0.29) is 17.9 Å². The van der Waals surface area contributed by atoms with Gasteiger partial charge in [-0.25, -0.2) is 9.97 Å². The van der Waals surface area contributed by atoms with Crippen LogP contribution in [0.25, 0.3) is 0 Å². The molecule has 2 aromatic heterocycles. The Labute approximate surface area is 203 Å². The van der Waals surface area contributed by atoms with Crippen molar-refractivity contribution in [1.29, 1.82) is 0 Å². The van der Waals surface area contributed by atoms with E-state index in [0.717, 1.165) is 37.9 Å². The van der Waals surface area contributed by atoms with Gasteiger partial charge in [-0.15, -0.1) is 0 Å². The highest BCUT2D eigenvalue weighted by Gasteiger charge is 2.35. The van der Waals surface area contributed by atoms with E-state index in [1.165, 1.54) is 10.5 Å². The summed E-state index contributed by atoms with van der Waals surface area (Å²) in [5, 5.41) is 8.12.